The van der Waals surface area contributed by atoms with Gasteiger partial charge in [-0.05, 0) is 30.4 Å². The van der Waals surface area contributed by atoms with Crippen LogP contribution in [-0.2, 0) is 4.74 Å². The molecule has 20 heavy (non-hydrogen) atoms. The highest BCUT2D eigenvalue weighted by molar-refractivity contribution is 7.99. The minimum Gasteiger partial charge on any atom is -0.379 e. The van der Waals surface area contributed by atoms with Crippen molar-refractivity contribution in [3.63, 3.8) is 0 Å². The van der Waals surface area contributed by atoms with Crippen molar-refractivity contribution in [3.05, 3.63) is 0 Å². The lowest BCUT2D eigenvalue weighted by molar-refractivity contribution is -0.0149. The summed E-state index contributed by atoms with van der Waals surface area (Å²) >= 11 is 2.13. The van der Waals surface area contributed by atoms with E-state index in [4.69, 9.17) is 4.74 Å². The fraction of sp³-hybridized carbons (Fsp3) is 1.00. The lowest BCUT2D eigenvalue weighted by Gasteiger charge is -2.44. The van der Waals surface area contributed by atoms with Gasteiger partial charge in [0.2, 0.25) is 0 Å². The summed E-state index contributed by atoms with van der Waals surface area (Å²) in [5.41, 5.74) is 0.880. The van der Waals surface area contributed by atoms with Crippen LogP contribution in [0, 0.1) is 5.41 Å². The third-order valence-electron chi connectivity index (χ3n) is 5.70. The molecular weight excluding hydrogens is 268 g/mol. The van der Waals surface area contributed by atoms with Gasteiger partial charge in [0, 0.05) is 37.0 Å². The molecule has 0 spiro atoms. The molecule has 0 unspecified atom stereocenters. The van der Waals surface area contributed by atoms with Crippen LogP contribution in [-0.4, -0.2) is 60.8 Å². The van der Waals surface area contributed by atoms with Gasteiger partial charge in [0.15, 0.2) is 0 Å². The lowest BCUT2D eigenvalue weighted by atomic mass is 9.86. The van der Waals surface area contributed by atoms with Crippen molar-refractivity contribution in [3.8, 4) is 0 Å². The zero-order valence-electron chi connectivity index (χ0n) is 13.1. The summed E-state index contributed by atoms with van der Waals surface area (Å²) in [7, 11) is 0. The molecule has 116 valence electrons. The minimum absolute atomic E-state index is 0.396. The van der Waals surface area contributed by atoms with E-state index in [0.29, 0.717) is 17.0 Å². The molecule has 3 aliphatic rings. The SMILES string of the molecule is CC1(C)CCC[C@@H]1NC[C@@]1(N2CCOCC2)CCSC1. The lowest BCUT2D eigenvalue weighted by Crippen LogP contribution is -2.60. The Hall–Kier alpha value is 0.230. The molecule has 3 fully saturated rings. The van der Waals surface area contributed by atoms with Crippen LogP contribution in [0.1, 0.15) is 39.5 Å². The van der Waals surface area contributed by atoms with Gasteiger partial charge in [-0.25, -0.2) is 0 Å². The monoisotopic (exact) mass is 298 g/mol. The predicted molar refractivity (Wildman–Crippen MR) is 86.5 cm³/mol. The summed E-state index contributed by atoms with van der Waals surface area (Å²) in [4.78, 5) is 2.71. The summed E-state index contributed by atoms with van der Waals surface area (Å²) in [5.74, 6) is 2.63. The third kappa shape index (κ3) is 3.03. The van der Waals surface area contributed by atoms with Crippen molar-refractivity contribution in [2.45, 2.75) is 51.1 Å². The van der Waals surface area contributed by atoms with Gasteiger partial charge in [-0.2, -0.15) is 11.8 Å². The van der Waals surface area contributed by atoms with E-state index >= 15 is 0 Å². The highest BCUT2D eigenvalue weighted by Gasteiger charge is 2.42. The molecule has 0 amide bonds. The largest absolute Gasteiger partial charge is 0.379 e. The van der Waals surface area contributed by atoms with Crippen LogP contribution in [0.3, 0.4) is 0 Å². The van der Waals surface area contributed by atoms with Crippen molar-refractivity contribution in [2.24, 2.45) is 5.41 Å². The number of nitrogens with one attached hydrogen (secondary N) is 1. The first-order chi connectivity index (χ1) is 9.62. The normalized spacial score (nSPS) is 38.4. The molecule has 2 aliphatic heterocycles. The second-order valence-corrected chi connectivity index (χ2v) is 8.55. The second kappa shape index (κ2) is 6.15. The molecule has 2 atom stereocenters. The standard InChI is InChI=1S/C16H30N2OS/c1-15(2)5-3-4-14(15)17-12-16(6-11-20-13-16)18-7-9-19-10-8-18/h14,17H,3-13H2,1-2H3/t14-,16-/m0/s1. The van der Waals surface area contributed by atoms with Crippen LogP contribution in [0.15, 0.2) is 0 Å². The van der Waals surface area contributed by atoms with Crippen molar-refractivity contribution in [1.82, 2.24) is 10.2 Å². The van der Waals surface area contributed by atoms with Crippen LogP contribution >= 0.6 is 11.8 Å². The zero-order valence-corrected chi connectivity index (χ0v) is 13.9. The minimum atomic E-state index is 0.396. The van der Waals surface area contributed by atoms with Gasteiger partial charge in [0.25, 0.3) is 0 Å². The Morgan fingerprint density at radius 3 is 2.65 bits per heavy atom. The molecule has 1 aliphatic carbocycles. The van der Waals surface area contributed by atoms with Crippen LogP contribution in [0.4, 0.5) is 0 Å². The van der Waals surface area contributed by atoms with E-state index in [2.05, 4.69) is 35.8 Å². The van der Waals surface area contributed by atoms with Crippen molar-refractivity contribution < 1.29 is 4.74 Å². The fourth-order valence-electron chi connectivity index (χ4n) is 4.15. The fourth-order valence-corrected chi connectivity index (χ4v) is 5.63. The summed E-state index contributed by atoms with van der Waals surface area (Å²) in [6.07, 6.45) is 5.48. The Labute approximate surface area is 128 Å². The van der Waals surface area contributed by atoms with Crippen LogP contribution in [0.25, 0.3) is 0 Å². The smallest absolute Gasteiger partial charge is 0.0594 e. The van der Waals surface area contributed by atoms with E-state index in [0.717, 1.165) is 26.3 Å². The molecule has 3 nitrogen and oxygen atoms in total. The number of rotatable bonds is 4. The zero-order chi connectivity index (χ0) is 14.1. The highest BCUT2D eigenvalue weighted by atomic mass is 32.2. The second-order valence-electron chi connectivity index (χ2n) is 7.44. The molecular formula is C16H30N2OS. The molecule has 1 N–H and O–H groups in total. The summed E-state index contributed by atoms with van der Waals surface area (Å²) < 4.78 is 5.55. The molecule has 4 heteroatoms. The number of thioether (sulfide) groups is 1. The quantitative estimate of drug-likeness (QED) is 0.861. The van der Waals surface area contributed by atoms with Crippen LogP contribution in [0.5, 0.6) is 0 Å². The molecule has 0 aromatic heterocycles. The van der Waals surface area contributed by atoms with E-state index < -0.39 is 0 Å². The molecule has 1 saturated carbocycles. The summed E-state index contributed by atoms with van der Waals surface area (Å²) in [6, 6.07) is 0.714. The maximum absolute atomic E-state index is 5.55. The number of hydrogen-bond donors (Lipinski definition) is 1. The van der Waals surface area contributed by atoms with Gasteiger partial charge in [0.05, 0.1) is 13.2 Å². The van der Waals surface area contributed by atoms with Crippen LogP contribution in [0.2, 0.25) is 0 Å². The Morgan fingerprint density at radius 1 is 1.25 bits per heavy atom. The maximum atomic E-state index is 5.55. The Kier molecular flexibility index (Phi) is 4.66. The van der Waals surface area contributed by atoms with Crippen LogP contribution < -0.4 is 5.32 Å². The predicted octanol–water partition coefficient (Wildman–Crippen LogP) is 2.36. The van der Waals surface area contributed by atoms with E-state index in [-0.39, 0.29) is 0 Å². The van der Waals surface area contributed by atoms with Crippen molar-refractivity contribution in [2.75, 3.05) is 44.4 Å². The Bertz CT molecular complexity index is 322. The first-order valence-electron chi connectivity index (χ1n) is 8.26. The van der Waals surface area contributed by atoms with Gasteiger partial charge in [-0.1, -0.05) is 20.3 Å². The number of ether oxygens (including phenoxy) is 1. The van der Waals surface area contributed by atoms with Gasteiger partial charge < -0.3 is 10.1 Å². The molecule has 0 bridgehead atoms. The summed E-state index contributed by atoms with van der Waals surface area (Å²) in [5, 5.41) is 3.96. The summed E-state index contributed by atoms with van der Waals surface area (Å²) in [6.45, 7) is 10.1. The Balaban J connectivity index is 1.62. The van der Waals surface area contributed by atoms with Gasteiger partial charge in [0.1, 0.15) is 0 Å². The van der Waals surface area contributed by atoms with E-state index in [9.17, 15) is 0 Å². The highest BCUT2D eigenvalue weighted by Crippen LogP contribution is 2.39. The molecule has 0 aromatic carbocycles. The van der Waals surface area contributed by atoms with E-state index in [1.165, 1.54) is 43.7 Å². The molecule has 3 rings (SSSR count). The Morgan fingerprint density at radius 2 is 2.05 bits per heavy atom. The maximum Gasteiger partial charge on any atom is 0.0594 e. The van der Waals surface area contributed by atoms with Gasteiger partial charge in [-0.3, -0.25) is 4.90 Å². The third-order valence-corrected chi connectivity index (χ3v) is 6.93. The molecule has 2 heterocycles. The van der Waals surface area contributed by atoms with Crippen molar-refractivity contribution >= 4 is 11.8 Å². The average molecular weight is 298 g/mol. The van der Waals surface area contributed by atoms with E-state index in [1.54, 1.807) is 0 Å². The first-order valence-corrected chi connectivity index (χ1v) is 9.42. The topological polar surface area (TPSA) is 24.5 Å². The van der Waals surface area contributed by atoms with Gasteiger partial charge in [-0.15, -0.1) is 0 Å². The number of hydrogen-bond acceptors (Lipinski definition) is 4. The first kappa shape index (κ1) is 15.1. The van der Waals surface area contributed by atoms with Gasteiger partial charge >= 0.3 is 0 Å². The van der Waals surface area contributed by atoms with E-state index in [1.807, 2.05) is 0 Å². The number of nitrogens with zero attached hydrogens (tertiary/aromatic N) is 1. The average Bonchev–Trinajstić information content (AvgIpc) is 3.05. The molecule has 2 saturated heterocycles. The van der Waals surface area contributed by atoms with Crippen molar-refractivity contribution in [1.29, 1.82) is 0 Å². The number of morpholine rings is 1. The molecule has 0 aromatic rings. The molecule has 0 radical (unpaired) electrons.